The molecule has 24 heavy (non-hydrogen) atoms. The van der Waals surface area contributed by atoms with E-state index in [1.165, 1.54) is 5.56 Å². The van der Waals surface area contributed by atoms with E-state index >= 15 is 0 Å². The summed E-state index contributed by atoms with van der Waals surface area (Å²) in [5, 5.41) is 2.85. The van der Waals surface area contributed by atoms with Crippen molar-refractivity contribution in [2.75, 3.05) is 18.5 Å². The van der Waals surface area contributed by atoms with Crippen molar-refractivity contribution in [1.82, 2.24) is 0 Å². The Morgan fingerprint density at radius 2 is 1.88 bits per heavy atom. The van der Waals surface area contributed by atoms with Crippen LogP contribution in [0.1, 0.15) is 32.3 Å². The lowest BCUT2D eigenvalue weighted by Gasteiger charge is -2.13. The molecule has 2 rings (SSSR count). The summed E-state index contributed by atoms with van der Waals surface area (Å²) >= 11 is 0. The number of ether oxygens (including phenoxy) is 2. The summed E-state index contributed by atoms with van der Waals surface area (Å²) in [5.41, 5.74) is 1.85. The van der Waals surface area contributed by atoms with E-state index in [2.05, 4.69) is 19.2 Å². The van der Waals surface area contributed by atoms with Crippen molar-refractivity contribution in [1.29, 1.82) is 0 Å². The average Bonchev–Trinajstić information content (AvgIpc) is 2.62. The number of para-hydroxylation sites is 2. The average molecular weight is 327 g/mol. The van der Waals surface area contributed by atoms with Gasteiger partial charge in [-0.05, 0) is 42.7 Å². The molecular weight excluding hydrogens is 302 g/mol. The van der Waals surface area contributed by atoms with Gasteiger partial charge in [-0.2, -0.15) is 0 Å². The van der Waals surface area contributed by atoms with Crippen LogP contribution in [0.4, 0.5) is 5.69 Å². The van der Waals surface area contributed by atoms with Crippen LogP contribution in [-0.4, -0.2) is 19.1 Å². The molecule has 0 unspecified atom stereocenters. The van der Waals surface area contributed by atoms with E-state index in [1.807, 2.05) is 48.5 Å². The lowest BCUT2D eigenvalue weighted by Crippen LogP contribution is -2.20. The molecule has 128 valence electrons. The fourth-order valence-corrected chi connectivity index (χ4v) is 2.21. The molecule has 0 aliphatic carbocycles. The number of hydrogen-bond acceptors (Lipinski definition) is 3. The molecule has 0 saturated carbocycles. The smallest absolute Gasteiger partial charge is 0.262 e. The van der Waals surface area contributed by atoms with Crippen LogP contribution in [0, 0.1) is 0 Å². The number of amides is 1. The maximum atomic E-state index is 12.1. The number of carbonyl (C=O) groups is 1. The van der Waals surface area contributed by atoms with Gasteiger partial charge in [0, 0.05) is 0 Å². The third-order valence-electron chi connectivity index (χ3n) is 3.59. The van der Waals surface area contributed by atoms with E-state index in [0.29, 0.717) is 23.8 Å². The highest BCUT2D eigenvalue weighted by Gasteiger charge is 2.08. The predicted molar refractivity (Wildman–Crippen MR) is 96.8 cm³/mol. The first-order valence-electron chi connectivity index (χ1n) is 8.46. The number of nitrogens with one attached hydrogen (secondary N) is 1. The molecule has 4 heteroatoms. The standard InChI is InChI=1S/C20H25NO3/c1-3-5-13-23-19-12-7-6-11-18(19)21-20(22)15-24-17-10-8-9-16(4-2)14-17/h6-12,14H,3-5,13,15H2,1-2H3,(H,21,22). The third-order valence-corrected chi connectivity index (χ3v) is 3.59. The summed E-state index contributed by atoms with van der Waals surface area (Å²) in [5.74, 6) is 1.19. The van der Waals surface area contributed by atoms with Gasteiger partial charge < -0.3 is 14.8 Å². The highest BCUT2D eigenvalue weighted by Crippen LogP contribution is 2.24. The number of carbonyl (C=O) groups excluding carboxylic acids is 1. The van der Waals surface area contributed by atoms with Gasteiger partial charge in [0.15, 0.2) is 6.61 Å². The van der Waals surface area contributed by atoms with Gasteiger partial charge in [-0.3, -0.25) is 4.79 Å². The molecule has 0 atom stereocenters. The van der Waals surface area contributed by atoms with Crippen molar-refractivity contribution in [2.24, 2.45) is 0 Å². The normalized spacial score (nSPS) is 10.2. The predicted octanol–water partition coefficient (Wildman–Crippen LogP) is 4.45. The number of unbranched alkanes of at least 4 members (excludes halogenated alkanes) is 1. The molecule has 1 N–H and O–H groups in total. The lowest BCUT2D eigenvalue weighted by molar-refractivity contribution is -0.118. The Balaban J connectivity index is 1.90. The van der Waals surface area contributed by atoms with Crippen LogP contribution < -0.4 is 14.8 Å². The number of hydrogen-bond donors (Lipinski definition) is 1. The maximum Gasteiger partial charge on any atom is 0.262 e. The molecule has 0 aliphatic rings. The summed E-state index contributed by atoms with van der Waals surface area (Å²) in [4.78, 5) is 12.1. The quantitative estimate of drug-likeness (QED) is 0.692. The van der Waals surface area contributed by atoms with Gasteiger partial charge in [-0.15, -0.1) is 0 Å². The molecule has 0 saturated heterocycles. The van der Waals surface area contributed by atoms with Crippen LogP contribution in [-0.2, 0) is 11.2 Å². The Hall–Kier alpha value is -2.49. The van der Waals surface area contributed by atoms with E-state index in [0.717, 1.165) is 19.3 Å². The van der Waals surface area contributed by atoms with Gasteiger partial charge in [0.2, 0.25) is 0 Å². The molecule has 1 amide bonds. The second-order valence-corrected chi connectivity index (χ2v) is 5.54. The van der Waals surface area contributed by atoms with Crippen molar-refractivity contribution in [2.45, 2.75) is 33.1 Å². The second kappa shape index (κ2) is 9.60. The Kier molecular flexibility index (Phi) is 7.15. The van der Waals surface area contributed by atoms with E-state index in [9.17, 15) is 4.79 Å². The molecule has 0 heterocycles. The van der Waals surface area contributed by atoms with Crippen molar-refractivity contribution < 1.29 is 14.3 Å². The Morgan fingerprint density at radius 3 is 2.67 bits per heavy atom. The van der Waals surface area contributed by atoms with Gasteiger partial charge >= 0.3 is 0 Å². The van der Waals surface area contributed by atoms with Crippen molar-refractivity contribution in [3.63, 3.8) is 0 Å². The van der Waals surface area contributed by atoms with Gasteiger partial charge in [0.1, 0.15) is 11.5 Å². The first kappa shape index (κ1) is 17.9. The van der Waals surface area contributed by atoms with Crippen LogP contribution in [0.3, 0.4) is 0 Å². The minimum absolute atomic E-state index is 0.0313. The summed E-state index contributed by atoms with van der Waals surface area (Å²) in [6, 6.07) is 15.2. The van der Waals surface area contributed by atoms with E-state index in [4.69, 9.17) is 9.47 Å². The Bertz CT molecular complexity index is 655. The SMILES string of the molecule is CCCCOc1ccccc1NC(=O)COc1cccc(CC)c1. The van der Waals surface area contributed by atoms with Crippen LogP contribution >= 0.6 is 0 Å². The monoisotopic (exact) mass is 327 g/mol. The first-order valence-corrected chi connectivity index (χ1v) is 8.46. The van der Waals surface area contributed by atoms with Crippen LogP contribution in [0.15, 0.2) is 48.5 Å². The molecule has 4 nitrogen and oxygen atoms in total. The largest absolute Gasteiger partial charge is 0.491 e. The van der Waals surface area contributed by atoms with Gasteiger partial charge in [-0.25, -0.2) is 0 Å². The molecule has 0 aromatic heterocycles. The summed E-state index contributed by atoms with van der Waals surface area (Å²) in [7, 11) is 0. The molecule has 2 aromatic carbocycles. The van der Waals surface area contributed by atoms with Gasteiger partial charge in [0.05, 0.1) is 12.3 Å². The van der Waals surface area contributed by atoms with E-state index < -0.39 is 0 Å². The highest BCUT2D eigenvalue weighted by atomic mass is 16.5. The van der Waals surface area contributed by atoms with E-state index in [1.54, 1.807) is 0 Å². The van der Waals surface area contributed by atoms with Crippen molar-refractivity contribution in [3.8, 4) is 11.5 Å². The number of anilines is 1. The topological polar surface area (TPSA) is 47.6 Å². The van der Waals surface area contributed by atoms with Gasteiger partial charge in [-0.1, -0.05) is 44.5 Å². The van der Waals surface area contributed by atoms with Crippen molar-refractivity contribution in [3.05, 3.63) is 54.1 Å². The number of aryl methyl sites for hydroxylation is 1. The fourth-order valence-electron chi connectivity index (χ4n) is 2.21. The highest BCUT2D eigenvalue weighted by molar-refractivity contribution is 5.93. The molecular formula is C20H25NO3. The number of rotatable bonds is 9. The lowest BCUT2D eigenvalue weighted by atomic mass is 10.2. The molecule has 2 aromatic rings. The minimum atomic E-state index is -0.205. The minimum Gasteiger partial charge on any atom is -0.491 e. The van der Waals surface area contributed by atoms with Crippen LogP contribution in [0.2, 0.25) is 0 Å². The zero-order chi connectivity index (χ0) is 17.2. The molecule has 0 spiro atoms. The zero-order valence-corrected chi connectivity index (χ0v) is 14.4. The molecule has 0 fully saturated rings. The fraction of sp³-hybridized carbons (Fsp3) is 0.350. The van der Waals surface area contributed by atoms with Gasteiger partial charge in [0.25, 0.3) is 5.91 Å². The second-order valence-electron chi connectivity index (χ2n) is 5.54. The Morgan fingerprint density at radius 1 is 1.04 bits per heavy atom. The molecule has 0 bridgehead atoms. The maximum absolute atomic E-state index is 12.1. The summed E-state index contributed by atoms with van der Waals surface area (Å²) in [6.07, 6.45) is 2.99. The molecule has 0 radical (unpaired) electrons. The van der Waals surface area contributed by atoms with Crippen LogP contribution in [0.25, 0.3) is 0 Å². The first-order chi connectivity index (χ1) is 11.7. The van der Waals surface area contributed by atoms with Crippen molar-refractivity contribution >= 4 is 11.6 Å². The zero-order valence-electron chi connectivity index (χ0n) is 14.4. The summed E-state index contributed by atoms with van der Waals surface area (Å²) < 4.78 is 11.3. The van der Waals surface area contributed by atoms with E-state index in [-0.39, 0.29) is 12.5 Å². The molecule has 0 aliphatic heterocycles. The number of benzene rings is 2. The summed E-state index contributed by atoms with van der Waals surface area (Å²) in [6.45, 7) is 4.81. The third kappa shape index (κ3) is 5.61. The Labute approximate surface area is 143 Å². The van der Waals surface area contributed by atoms with Crippen LogP contribution in [0.5, 0.6) is 11.5 Å².